The van der Waals surface area contributed by atoms with Crippen molar-refractivity contribution in [1.29, 1.82) is 0 Å². The fraction of sp³-hybridized carbons (Fsp3) is 0.312. The highest BCUT2D eigenvalue weighted by Crippen LogP contribution is 2.21. The summed E-state index contributed by atoms with van der Waals surface area (Å²) in [4.78, 5) is 24.4. The van der Waals surface area contributed by atoms with Crippen LogP contribution < -0.4 is 5.56 Å². The van der Waals surface area contributed by atoms with Crippen LogP contribution in [-0.2, 0) is 11.8 Å². The van der Waals surface area contributed by atoms with Crippen LogP contribution in [0.1, 0.15) is 40.2 Å². The Hall–Kier alpha value is -2.50. The first-order chi connectivity index (χ1) is 10.3. The van der Waals surface area contributed by atoms with Crippen molar-refractivity contribution in [3.63, 3.8) is 0 Å². The molecule has 6 heteroatoms. The van der Waals surface area contributed by atoms with Crippen molar-refractivity contribution in [1.82, 2.24) is 9.78 Å². The Labute approximate surface area is 127 Å². The Bertz CT molecular complexity index is 783. The Morgan fingerprint density at radius 1 is 1.32 bits per heavy atom. The van der Waals surface area contributed by atoms with E-state index in [0.29, 0.717) is 11.3 Å². The summed E-state index contributed by atoms with van der Waals surface area (Å²) in [5.41, 5.74) is 0.685. The summed E-state index contributed by atoms with van der Waals surface area (Å²) in [6.45, 7) is 4.89. The Balaban J connectivity index is 2.35. The molecule has 1 atom stereocenters. The number of aromatic nitrogens is 2. The van der Waals surface area contributed by atoms with Crippen molar-refractivity contribution in [2.45, 2.75) is 26.9 Å². The largest absolute Gasteiger partial charge is 0.454 e. The van der Waals surface area contributed by atoms with E-state index in [1.807, 2.05) is 0 Å². The molecule has 0 bridgehead atoms. The number of hydrogen-bond acceptors (Lipinski definition) is 4. The maximum Gasteiger partial charge on any atom is 0.344 e. The second-order valence-electron chi connectivity index (χ2n) is 5.08. The zero-order valence-electron chi connectivity index (χ0n) is 12.9. The monoisotopic (exact) mass is 304 g/mol. The zero-order chi connectivity index (χ0) is 16.4. The number of halogens is 1. The van der Waals surface area contributed by atoms with Gasteiger partial charge in [-0.05, 0) is 32.4 Å². The molecule has 0 N–H and O–H groups in total. The third kappa shape index (κ3) is 2.90. The summed E-state index contributed by atoms with van der Waals surface area (Å²) in [7, 11) is 1.46. The fourth-order valence-electron chi connectivity index (χ4n) is 2.18. The van der Waals surface area contributed by atoms with Gasteiger partial charge in [-0.25, -0.2) is 13.9 Å². The quantitative estimate of drug-likeness (QED) is 0.817. The van der Waals surface area contributed by atoms with Gasteiger partial charge in [0.2, 0.25) is 0 Å². The summed E-state index contributed by atoms with van der Waals surface area (Å²) in [6, 6.07) is 6.04. The van der Waals surface area contributed by atoms with Crippen molar-refractivity contribution < 1.29 is 13.9 Å². The van der Waals surface area contributed by atoms with E-state index in [1.54, 1.807) is 32.9 Å². The molecule has 22 heavy (non-hydrogen) atoms. The molecule has 0 spiro atoms. The average Bonchev–Trinajstić information content (AvgIpc) is 2.45. The van der Waals surface area contributed by atoms with Gasteiger partial charge < -0.3 is 4.74 Å². The highest BCUT2D eigenvalue weighted by atomic mass is 19.1. The molecule has 0 radical (unpaired) electrons. The SMILES string of the molecule is Cc1nn(C)c(=O)c(C(=O)O[C@@H](C)c2ccccc2F)c1C. The standard InChI is InChI=1S/C16H17FN2O3/c1-9-10(2)18-19(4)15(20)14(9)16(21)22-11(3)12-7-5-6-8-13(12)17/h5-8,11H,1-4H3/t11-/m0/s1. The summed E-state index contributed by atoms with van der Waals surface area (Å²) >= 11 is 0. The maximum absolute atomic E-state index is 13.7. The molecule has 0 amide bonds. The highest BCUT2D eigenvalue weighted by molar-refractivity contribution is 5.90. The highest BCUT2D eigenvalue weighted by Gasteiger charge is 2.22. The molecule has 0 aliphatic rings. The van der Waals surface area contributed by atoms with E-state index in [9.17, 15) is 14.0 Å². The van der Waals surface area contributed by atoms with E-state index in [4.69, 9.17) is 4.74 Å². The normalized spacial score (nSPS) is 12.0. The van der Waals surface area contributed by atoms with E-state index >= 15 is 0 Å². The molecule has 116 valence electrons. The molecule has 2 rings (SSSR count). The van der Waals surface area contributed by atoms with Crippen molar-refractivity contribution in [2.75, 3.05) is 0 Å². The number of carbonyl (C=O) groups excluding carboxylic acids is 1. The van der Waals surface area contributed by atoms with Gasteiger partial charge in [0.15, 0.2) is 0 Å². The molecule has 0 saturated heterocycles. The first-order valence-electron chi connectivity index (χ1n) is 6.82. The van der Waals surface area contributed by atoms with E-state index in [0.717, 1.165) is 4.68 Å². The van der Waals surface area contributed by atoms with E-state index in [2.05, 4.69) is 5.10 Å². The van der Waals surface area contributed by atoms with Crippen molar-refractivity contribution in [3.05, 3.63) is 62.8 Å². The molecule has 0 aliphatic heterocycles. The maximum atomic E-state index is 13.7. The lowest BCUT2D eigenvalue weighted by Crippen LogP contribution is -2.30. The van der Waals surface area contributed by atoms with E-state index < -0.39 is 23.4 Å². The molecule has 0 fully saturated rings. The first kappa shape index (κ1) is 15.9. The fourth-order valence-corrected chi connectivity index (χ4v) is 2.18. The molecule has 5 nitrogen and oxygen atoms in total. The molecule has 1 heterocycles. The van der Waals surface area contributed by atoms with Gasteiger partial charge in [-0.15, -0.1) is 0 Å². The van der Waals surface area contributed by atoms with Crippen LogP contribution in [0, 0.1) is 19.7 Å². The van der Waals surface area contributed by atoms with Gasteiger partial charge >= 0.3 is 5.97 Å². The van der Waals surface area contributed by atoms with Gasteiger partial charge in [-0.1, -0.05) is 18.2 Å². The van der Waals surface area contributed by atoms with Gasteiger partial charge in [0.25, 0.3) is 5.56 Å². The average molecular weight is 304 g/mol. The minimum Gasteiger partial charge on any atom is -0.454 e. The second kappa shape index (κ2) is 6.09. The molecule has 2 aromatic rings. The molecular formula is C16H17FN2O3. The third-order valence-corrected chi connectivity index (χ3v) is 3.56. The lowest BCUT2D eigenvalue weighted by Gasteiger charge is -2.15. The van der Waals surface area contributed by atoms with E-state index in [-0.39, 0.29) is 11.1 Å². The van der Waals surface area contributed by atoms with E-state index in [1.165, 1.54) is 19.2 Å². The van der Waals surface area contributed by atoms with Crippen molar-refractivity contribution in [3.8, 4) is 0 Å². The molecule has 1 aromatic heterocycles. The molecular weight excluding hydrogens is 287 g/mol. The van der Waals surface area contributed by atoms with Crippen LogP contribution in [-0.4, -0.2) is 15.7 Å². The summed E-state index contributed by atoms with van der Waals surface area (Å²) in [5, 5.41) is 4.00. The third-order valence-electron chi connectivity index (χ3n) is 3.56. The summed E-state index contributed by atoms with van der Waals surface area (Å²) in [6.07, 6.45) is -0.800. The summed E-state index contributed by atoms with van der Waals surface area (Å²) in [5.74, 6) is -1.24. The smallest absolute Gasteiger partial charge is 0.344 e. The van der Waals surface area contributed by atoms with Crippen LogP contribution in [0.5, 0.6) is 0 Å². The Kier molecular flexibility index (Phi) is 4.40. The number of aryl methyl sites for hydroxylation is 2. The number of benzene rings is 1. The molecule has 0 saturated carbocycles. The minimum absolute atomic E-state index is 0.0711. The van der Waals surface area contributed by atoms with Crippen LogP contribution in [0.4, 0.5) is 4.39 Å². The van der Waals surface area contributed by atoms with Gasteiger partial charge in [0.05, 0.1) is 5.69 Å². The van der Waals surface area contributed by atoms with Crippen LogP contribution in [0.15, 0.2) is 29.1 Å². The zero-order valence-corrected chi connectivity index (χ0v) is 12.9. The number of rotatable bonds is 3. The number of carbonyl (C=O) groups is 1. The van der Waals surface area contributed by atoms with Crippen molar-refractivity contribution >= 4 is 5.97 Å². The topological polar surface area (TPSA) is 61.2 Å². The Morgan fingerprint density at radius 3 is 2.59 bits per heavy atom. The number of esters is 1. The summed E-state index contributed by atoms with van der Waals surface area (Å²) < 4.78 is 20.1. The van der Waals surface area contributed by atoms with Gasteiger partial charge in [0.1, 0.15) is 17.5 Å². The second-order valence-corrected chi connectivity index (χ2v) is 5.08. The van der Waals surface area contributed by atoms with Gasteiger partial charge in [-0.2, -0.15) is 5.10 Å². The lowest BCUT2D eigenvalue weighted by molar-refractivity contribution is 0.0327. The molecule has 0 aliphatic carbocycles. The van der Waals surface area contributed by atoms with Crippen LogP contribution in [0.3, 0.4) is 0 Å². The molecule has 0 unspecified atom stereocenters. The van der Waals surface area contributed by atoms with Crippen molar-refractivity contribution in [2.24, 2.45) is 7.05 Å². The minimum atomic E-state index is -0.800. The predicted molar refractivity (Wildman–Crippen MR) is 79.2 cm³/mol. The van der Waals surface area contributed by atoms with Crippen LogP contribution in [0.25, 0.3) is 0 Å². The number of nitrogens with zero attached hydrogens (tertiary/aromatic N) is 2. The first-order valence-corrected chi connectivity index (χ1v) is 6.82. The van der Waals surface area contributed by atoms with Gasteiger partial charge in [-0.3, -0.25) is 4.79 Å². The number of hydrogen-bond donors (Lipinski definition) is 0. The van der Waals surface area contributed by atoms with Crippen LogP contribution in [0.2, 0.25) is 0 Å². The van der Waals surface area contributed by atoms with Gasteiger partial charge in [0, 0.05) is 12.6 Å². The number of ether oxygens (including phenoxy) is 1. The molecule has 1 aromatic carbocycles. The van der Waals surface area contributed by atoms with Crippen LogP contribution >= 0.6 is 0 Å². The lowest BCUT2D eigenvalue weighted by atomic mass is 10.1. The Morgan fingerprint density at radius 2 is 1.95 bits per heavy atom. The predicted octanol–water partition coefficient (Wildman–Crippen LogP) is 2.45.